The van der Waals surface area contributed by atoms with Crippen molar-refractivity contribution in [2.75, 3.05) is 26.2 Å². The molecule has 1 aromatic carbocycles. The van der Waals surface area contributed by atoms with Gasteiger partial charge in [-0.2, -0.15) is 13.2 Å². The summed E-state index contributed by atoms with van der Waals surface area (Å²) < 4.78 is 43.5. The number of rotatable bonds is 3. The van der Waals surface area contributed by atoms with E-state index in [1.807, 2.05) is 0 Å². The number of amides is 3. The number of morpholine rings is 1. The van der Waals surface area contributed by atoms with E-state index in [1.54, 1.807) is 0 Å². The van der Waals surface area contributed by atoms with Crippen LogP contribution in [0.2, 0.25) is 0 Å². The zero-order valence-corrected chi connectivity index (χ0v) is 13.8. The van der Waals surface area contributed by atoms with E-state index in [2.05, 4.69) is 0 Å². The van der Waals surface area contributed by atoms with Crippen LogP contribution in [-0.2, 0) is 25.3 Å². The summed E-state index contributed by atoms with van der Waals surface area (Å²) in [4.78, 5) is 38.0. The summed E-state index contributed by atoms with van der Waals surface area (Å²) in [7, 11) is 0. The van der Waals surface area contributed by atoms with Gasteiger partial charge >= 0.3 is 6.18 Å². The topological polar surface area (TPSA) is 66.9 Å². The number of carbonyl (C=O) groups is 3. The standard InChI is InChI=1S/C17H17F3N2O4/c18-17(19,20)12-3-1-11(2-4-12)13-9-21(7-8-26-13)16(25)10-22-14(23)5-6-15(22)24/h1-4,13H,5-10H2/t13-/m1/s1. The zero-order valence-electron chi connectivity index (χ0n) is 13.8. The number of hydrogen-bond donors (Lipinski definition) is 0. The van der Waals surface area contributed by atoms with Crippen LogP contribution < -0.4 is 0 Å². The van der Waals surface area contributed by atoms with Crippen molar-refractivity contribution >= 4 is 17.7 Å². The number of carbonyl (C=O) groups excluding carboxylic acids is 3. The van der Waals surface area contributed by atoms with Crippen molar-refractivity contribution in [2.24, 2.45) is 0 Å². The van der Waals surface area contributed by atoms with Gasteiger partial charge in [-0.1, -0.05) is 12.1 Å². The van der Waals surface area contributed by atoms with Crippen LogP contribution >= 0.6 is 0 Å². The fourth-order valence-corrected chi connectivity index (χ4v) is 3.00. The molecular formula is C17H17F3N2O4. The molecule has 3 rings (SSSR count). The Balaban J connectivity index is 1.64. The van der Waals surface area contributed by atoms with Crippen molar-refractivity contribution in [3.63, 3.8) is 0 Å². The quantitative estimate of drug-likeness (QED) is 0.761. The van der Waals surface area contributed by atoms with Crippen molar-refractivity contribution in [1.29, 1.82) is 0 Å². The lowest BCUT2D eigenvalue weighted by Crippen LogP contribution is -2.47. The minimum Gasteiger partial charge on any atom is -0.370 e. The first-order valence-corrected chi connectivity index (χ1v) is 8.15. The highest BCUT2D eigenvalue weighted by Gasteiger charge is 2.34. The summed E-state index contributed by atoms with van der Waals surface area (Å²) in [5.41, 5.74) is -0.222. The molecule has 2 saturated heterocycles. The Morgan fingerprint density at radius 2 is 1.73 bits per heavy atom. The molecule has 6 nitrogen and oxygen atoms in total. The van der Waals surface area contributed by atoms with Gasteiger partial charge in [0.25, 0.3) is 0 Å². The highest BCUT2D eigenvalue weighted by Crippen LogP contribution is 2.31. The first-order chi connectivity index (χ1) is 12.3. The monoisotopic (exact) mass is 370 g/mol. The molecular weight excluding hydrogens is 353 g/mol. The Morgan fingerprint density at radius 1 is 1.12 bits per heavy atom. The third-order valence-corrected chi connectivity index (χ3v) is 4.48. The molecule has 0 bridgehead atoms. The Kier molecular flexibility index (Phi) is 4.99. The maximum atomic E-state index is 12.6. The van der Waals surface area contributed by atoms with Gasteiger partial charge in [-0.15, -0.1) is 0 Å². The number of alkyl halides is 3. The summed E-state index contributed by atoms with van der Waals surface area (Å²) in [6, 6.07) is 4.60. The van der Waals surface area contributed by atoms with Crippen LogP contribution in [0.3, 0.4) is 0 Å². The van der Waals surface area contributed by atoms with E-state index in [0.29, 0.717) is 12.1 Å². The first-order valence-electron chi connectivity index (χ1n) is 8.15. The van der Waals surface area contributed by atoms with Gasteiger partial charge in [0.05, 0.1) is 18.7 Å². The van der Waals surface area contributed by atoms with Crippen LogP contribution in [0, 0.1) is 0 Å². The average molecular weight is 370 g/mol. The van der Waals surface area contributed by atoms with Gasteiger partial charge in [-0.25, -0.2) is 0 Å². The molecule has 3 amide bonds. The molecule has 0 spiro atoms. The molecule has 2 aliphatic heterocycles. The second-order valence-corrected chi connectivity index (χ2v) is 6.19. The molecule has 2 aliphatic rings. The maximum absolute atomic E-state index is 12.6. The Labute approximate surface area is 147 Å². The Bertz CT molecular complexity index is 702. The molecule has 0 radical (unpaired) electrons. The third-order valence-electron chi connectivity index (χ3n) is 4.48. The van der Waals surface area contributed by atoms with Gasteiger partial charge < -0.3 is 9.64 Å². The summed E-state index contributed by atoms with van der Waals surface area (Å²) in [5.74, 6) is -1.11. The zero-order chi connectivity index (χ0) is 18.9. The van der Waals surface area contributed by atoms with Crippen molar-refractivity contribution in [1.82, 2.24) is 9.80 Å². The number of ether oxygens (including phenoxy) is 1. The molecule has 2 heterocycles. The second kappa shape index (κ2) is 7.06. The van der Waals surface area contributed by atoms with Crippen molar-refractivity contribution in [3.05, 3.63) is 35.4 Å². The molecule has 2 fully saturated rings. The van der Waals surface area contributed by atoms with Gasteiger partial charge in [0.15, 0.2) is 0 Å². The normalized spacial score (nSPS) is 21.4. The molecule has 0 unspecified atom stereocenters. The summed E-state index contributed by atoms with van der Waals surface area (Å²) >= 11 is 0. The molecule has 0 aromatic heterocycles. The van der Waals surface area contributed by atoms with Gasteiger partial charge in [-0.05, 0) is 17.7 Å². The number of hydrogen-bond acceptors (Lipinski definition) is 4. The fraction of sp³-hybridized carbons (Fsp3) is 0.471. The first kappa shape index (κ1) is 18.4. The van der Waals surface area contributed by atoms with Gasteiger partial charge in [0.1, 0.15) is 12.6 Å². The van der Waals surface area contributed by atoms with Gasteiger partial charge in [-0.3, -0.25) is 19.3 Å². The maximum Gasteiger partial charge on any atom is 0.416 e. The van der Waals surface area contributed by atoms with E-state index in [-0.39, 0.29) is 50.3 Å². The molecule has 26 heavy (non-hydrogen) atoms. The van der Waals surface area contributed by atoms with Crippen molar-refractivity contribution < 1.29 is 32.3 Å². The number of halogens is 3. The van der Waals surface area contributed by atoms with E-state index in [9.17, 15) is 27.6 Å². The summed E-state index contributed by atoms with van der Waals surface area (Å²) in [6.07, 6.45) is -4.74. The summed E-state index contributed by atoms with van der Waals surface area (Å²) in [5, 5.41) is 0. The molecule has 1 atom stereocenters. The average Bonchev–Trinajstić information content (AvgIpc) is 2.93. The smallest absolute Gasteiger partial charge is 0.370 e. The lowest BCUT2D eigenvalue weighted by atomic mass is 10.1. The molecule has 0 aliphatic carbocycles. The minimum atomic E-state index is -4.41. The van der Waals surface area contributed by atoms with E-state index >= 15 is 0 Å². The summed E-state index contributed by atoms with van der Waals surface area (Å²) in [6.45, 7) is 0.364. The Hall–Kier alpha value is -2.42. The largest absolute Gasteiger partial charge is 0.416 e. The highest BCUT2D eigenvalue weighted by molar-refractivity contribution is 6.04. The second-order valence-electron chi connectivity index (χ2n) is 6.19. The number of benzene rings is 1. The Morgan fingerprint density at radius 3 is 2.31 bits per heavy atom. The lowest BCUT2D eigenvalue weighted by molar-refractivity contribution is -0.148. The van der Waals surface area contributed by atoms with Crippen LogP contribution in [-0.4, -0.2) is 53.8 Å². The number of imide groups is 1. The van der Waals surface area contributed by atoms with Crippen LogP contribution in [0.4, 0.5) is 13.2 Å². The van der Waals surface area contributed by atoms with E-state index in [0.717, 1.165) is 17.0 Å². The predicted octanol–water partition coefficient (Wildman–Crippen LogP) is 1.75. The lowest BCUT2D eigenvalue weighted by Gasteiger charge is -2.34. The molecule has 1 aromatic rings. The third kappa shape index (κ3) is 3.87. The molecule has 0 saturated carbocycles. The van der Waals surface area contributed by atoms with Crippen molar-refractivity contribution in [3.8, 4) is 0 Å². The minimum absolute atomic E-state index is 0.114. The van der Waals surface area contributed by atoms with Crippen LogP contribution in [0.15, 0.2) is 24.3 Å². The van der Waals surface area contributed by atoms with Crippen molar-refractivity contribution in [2.45, 2.75) is 25.1 Å². The number of nitrogens with zero attached hydrogens (tertiary/aromatic N) is 2. The van der Waals surface area contributed by atoms with Gasteiger partial charge in [0.2, 0.25) is 17.7 Å². The van der Waals surface area contributed by atoms with Crippen LogP contribution in [0.25, 0.3) is 0 Å². The molecule has 140 valence electrons. The van der Waals surface area contributed by atoms with E-state index < -0.39 is 17.8 Å². The van der Waals surface area contributed by atoms with Crippen LogP contribution in [0.1, 0.15) is 30.1 Å². The van der Waals surface area contributed by atoms with Gasteiger partial charge in [0, 0.05) is 19.4 Å². The highest BCUT2D eigenvalue weighted by atomic mass is 19.4. The molecule has 0 N–H and O–H groups in total. The van der Waals surface area contributed by atoms with E-state index in [1.165, 1.54) is 17.0 Å². The van der Waals surface area contributed by atoms with E-state index in [4.69, 9.17) is 4.74 Å². The number of likely N-dealkylation sites (tertiary alicyclic amines) is 1. The molecule has 9 heteroatoms. The predicted molar refractivity (Wildman–Crippen MR) is 82.7 cm³/mol. The fourth-order valence-electron chi connectivity index (χ4n) is 3.00. The van der Waals surface area contributed by atoms with Crippen LogP contribution in [0.5, 0.6) is 0 Å². The SMILES string of the molecule is O=C(CN1C(=O)CCC1=O)N1CCO[C@@H](c2ccc(C(F)(F)F)cc2)C1.